The second-order valence-electron chi connectivity index (χ2n) is 10.4. The van der Waals surface area contributed by atoms with Crippen molar-refractivity contribution < 1.29 is 27.9 Å². The van der Waals surface area contributed by atoms with E-state index >= 15 is 0 Å². The van der Waals surface area contributed by atoms with Crippen molar-refractivity contribution in [2.24, 2.45) is 13.0 Å². The van der Waals surface area contributed by atoms with Gasteiger partial charge >= 0.3 is 17.8 Å². The standard InChI is InChI=1S/C28H31F3N4O5/c1-16-12-19(13-17(2)34(16)15-28(29,30)31)25(37)32-22(26(38)39)14-18-6-4-8-21-20(18)7-5-9-23(21)35-24(36)10-11-33(3)27(35)40/h4-11,16-17,19,22H,12-15H2,1-3H3,(H,32,37)(H,38,39)/t16-,17+,19?,22-/m0/s1. The number of alkyl halides is 3. The molecule has 1 amide bonds. The summed E-state index contributed by atoms with van der Waals surface area (Å²) < 4.78 is 41.3. The quantitative estimate of drug-likeness (QED) is 0.460. The Morgan fingerprint density at radius 3 is 2.27 bits per heavy atom. The average molecular weight is 561 g/mol. The minimum atomic E-state index is -4.36. The summed E-state index contributed by atoms with van der Waals surface area (Å²) in [4.78, 5) is 51.9. The minimum absolute atomic E-state index is 0.0818. The molecule has 1 aromatic heterocycles. The molecule has 9 nitrogen and oxygen atoms in total. The molecule has 3 aromatic rings. The number of aryl methyl sites for hydroxylation is 1. The topological polar surface area (TPSA) is 114 Å². The summed E-state index contributed by atoms with van der Waals surface area (Å²) in [6, 6.07) is 9.10. The number of benzene rings is 2. The number of hydrogen-bond acceptors (Lipinski definition) is 5. The normalized spacial score (nSPS) is 20.8. The van der Waals surface area contributed by atoms with E-state index in [-0.39, 0.29) is 19.3 Å². The Morgan fingerprint density at radius 2 is 1.65 bits per heavy atom. The number of piperidine rings is 1. The van der Waals surface area contributed by atoms with Gasteiger partial charge in [0.25, 0.3) is 5.56 Å². The third-order valence-electron chi connectivity index (χ3n) is 7.54. The molecular weight excluding hydrogens is 529 g/mol. The van der Waals surface area contributed by atoms with Crippen molar-refractivity contribution in [3.05, 3.63) is 75.1 Å². The molecule has 4 rings (SSSR count). The summed E-state index contributed by atoms with van der Waals surface area (Å²) in [7, 11) is 1.52. The molecule has 2 heterocycles. The molecule has 0 aliphatic carbocycles. The summed E-state index contributed by atoms with van der Waals surface area (Å²) in [5, 5.41) is 13.7. The van der Waals surface area contributed by atoms with Crippen LogP contribution < -0.4 is 16.6 Å². The van der Waals surface area contributed by atoms with E-state index in [1.165, 1.54) is 28.8 Å². The maximum absolute atomic E-state index is 13.1. The second-order valence-corrected chi connectivity index (χ2v) is 10.4. The molecule has 0 radical (unpaired) electrons. The predicted molar refractivity (Wildman–Crippen MR) is 142 cm³/mol. The molecule has 2 aromatic carbocycles. The largest absolute Gasteiger partial charge is 0.480 e. The van der Waals surface area contributed by atoms with Crippen LogP contribution in [0.4, 0.5) is 13.2 Å². The highest BCUT2D eigenvalue weighted by Crippen LogP contribution is 2.31. The van der Waals surface area contributed by atoms with E-state index in [2.05, 4.69) is 5.32 Å². The molecule has 0 spiro atoms. The zero-order valence-corrected chi connectivity index (χ0v) is 22.3. The van der Waals surface area contributed by atoms with Gasteiger partial charge in [-0.3, -0.25) is 14.5 Å². The molecule has 0 saturated carbocycles. The first-order valence-corrected chi connectivity index (χ1v) is 12.9. The monoisotopic (exact) mass is 560 g/mol. The van der Waals surface area contributed by atoms with Crippen molar-refractivity contribution in [1.29, 1.82) is 0 Å². The molecule has 1 fully saturated rings. The number of fused-ring (bicyclic) bond motifs is 1. The highest BCUT2D eigenvalue weighted by Gasteiger charge is 2.41. The summed E-state index contributed by atoms with van der Waals surface area (Å²) in [6.45, 7) is 2.20. The van der Waals surface area contributed by atoms with E-state index < -0.39 is 59.9 Å². The maximum atomic E-state index is 13.1. The number of aromatic nitrogens is 2. The van der Waals surface area contributed by atoms with Gasteiger partial charge in [-0.15, -0.1) is 0 Å². The summed E-state index contributed by atoms with van der Waals surface area (Å²) in [5.41, 5.74) is -0.128. The van der Waals surface area contributed by atoms with Crippen molar-refractivity contribution in [3.63, 3.8) is 0 Å². The molecular formula is C28H31F3N4O5. The Morgan fingerprint density at radius 1 is 1.02 bits per heavy atom. The van der Waals surface area contributed by atoms with E-state index in [1.807, 2.05) is 0 Å². The van der Waals surface area contributed by atoms with Gasteiger partial charge in [0.2, 0.25) is 5.91 Å². The summed E-state index contributed by atoms with van der Waals surface area (Å²) in [6.07, 6.45) is -2.71. The molecule has 12 heteroatoms. The number of rotatable bonds is 7. The number of aliphatic carboxylic acids is 1. The Kier molecular flexibility index (Phi) is 8.20. The first kappa shape index (κ1) is 29.1. The zero-order chi connectivity index (χ0) is 29.4. The predicted octanol–water partition coefficient (Wildman–Crippen LogP) is 2.85. The number of hydrogen-bond donors (Lipinski definition) is 2. The lowest BCUT2D eigenvalue weighted by Gasteiger charge is -2.42. The lowest BCUT2D eigenvalue weighted by atomic mass is 9.86. The SMILES string of the molecule is C[C@@H]1CC(C(=O)N[C@@H](Cc2cccc3c(-n4c(=O)ccn(C)c4=O)cccc23)C(=O)O)C[C@H](C)N1CC(F)(F)F. The third kappa shape index (κ3) is 6.11. The summed E-state index contributed by atoms with van der Waals surface area (Å²) >= 11 is 0. The lowest BCUT2D eigenvalue weighted by Crippen LogP contribution is -2.54. The molecule has 1 saturated heterocycles. The minimum Gasteiger partial charge on any atom is -0.480 e. The van der Waals surface area contributed by atoms with E-state index in [4.69, 9.17) is 0 Å². The third-order valence-corrected chi connectivity index (χ3v) is 7.54. The number of nitrogens with one attached hydrogen (secondary N) is 1. The van der Waals surface area contributed by atoms with Gasteiger partial charge in [0.1, 0.15) is 6.04 Å². The number of likely N-dealkylation sites (tertiary alicyclic amines) is 1. The van der Waals surface area contributed by atoms with E-state index in [9.17, 15) is 37.5 Å². The fourth-order valence-corrected chi connectivity index (χ4v) is 5.59. The second kappa shape index (κ2) is 11.3. The van der Waals surface area contributed by atoms with Gasteiger partial charge in [0.15, 0.2) is 0 Å². The molecule has 214 valence electrons. The van der Waals surface area contributed by atoms with E-state index in [0.717, 1.165) is 4.57 Å². The first-order chi connectivity index (χ1) is 18.8. The number of amides is 1. The first-order valence-electron chi connectivity index (χ1n) is 12.9. The zero-order valence-electron chi connectivity index (χ0n) is 22.3. The number of halogens is 3. The maximum Gasteiger partial charge on any atom is 0.401 e. The van der Waals surface area contributed by atoms with Crippen molar-refractivity contribution >= 4 is 22.6 Å². The number of carboxylic acid groups (broad SMARTS) is 1. The average Bonchev–Trinajstić information content (AvgIpc) is 2.87. The molecule has 1 aliphatic rings. The molecule has 1 unspecified atom stereocenters. The highest BCUT2D eigenvalue weighted by atomic mass is 19.4. The molecule has 40 heavy (non-hydrogen) atoms. The van der Waals surface area contributed by atoms with Gasteiger partial charge in [0, 0.05) is 49.1 Å². The van der Waals surface area contributed by atoms with Crippen molar-refractivity contribution in [2.75, 3.05) is 6.54 Å². The Bertz CT molecular complexity index is 1540. The fraction of sp³-hybridized carbons (Fsp3) is 0.429. The Labute approximate surface area is 227 Å². The van der Waals surface area contributed by atoms with Crippen LogP contribution in [0.25, 0.3) is 16.5 Å². The van der Waals surface area contributed by atoms with Crippen LogP contribution in [0.2, 0.25) is 0 Å². The van der Waals surface area contributed by atoms with Gasteiger partial charge in [-0.05, 0) is 43.7 Å². The van der Waals surface area contributed by atoms with Gasteiger partial charge < -0.3 is 15.0 Å². The highest BCUT2D eigenvalue weighted by molar-refractivity contribution is 5.93. The van der Waals surface area contributed by atoms with E-state index in [1.54, 1.807) is 50.2 Å². The van der Waals surface area contributed by atoms with Crippen LogP contribution in [-0.2, 0) is 23.1 Å². The van der Waals surface area contributed by atoms with Crippen LogP contribution in [0.5, 0.6) is 0 Å². The smallest absolute Gasteiger partial charge is 0.401 e. The van der Waals surface area contributed by atoms with E-state index in [0.29, 0.717) is 22.0 Å². The van der Waals surface area contributed by atoms with Gasteiger partial charge in [-0.2, -0.15) is 13.2 Å². The van der Waals surface area contributed by atoms with Crippen LogP contribution >= 0.6 is 0 Å². The van der Waals surface area contributed by atoms with Crippen LogP contribution in [-0.4, -0.2) is 61.9 Å². The molecule has 4 atom stereocenters. The number of carbonyl (C=O) groups is 2. The number of carbonyl (C=O) groups excluding carboxylic acids is 1. The van der Waals surface area contributed by atoms with Gasteiger partial charge in [0.05, 0.1) is 12.2 Å². The number of carboxylic acids is 1. The molecule has 1 aliphatic heterocycles. The van der Waals surface area contributed by atoms with Crippen LogP contribution in [0.15, 0.2) is 58.3 Å². The lowest BCUT2D eigenvalue weighted by molar-refractivity contribution is -0.162. The van der Waals surface area contributed by atoms with Crippen LogP contribution in [0.1, 0.15) is 32.3 Å². The van der Waals surface area contributed by atoms with Gasteiger partial charge in [-0.25, -0.2) is 14.2 Å². The van der Waals surface area contributed by atoms with Crippen LogP contribution in [0, 0.1) is 5.92 Å². The van der Waals surface area contributed by atoms with Crippen molar-refractivity contribution in [1.82, 2.24) is 19.4 Å². The molecule has 0 bridgehead atoms. The molecule has 2 N–H and O–H groups in total. The van der Waals surface area contributed by atoms with Crippen molar-refractivity contribution in [3.8, 4) is 5.69 Å². The summed E-state index contributed by atoms with van der Waals surface area (Å²) in [5.74, 6) is -2.40. The van der Waals surface area contributed by atoms with Gasteiger partial charge in [-0.1, -0.05) is 30.3 Å². The van der Waals surface area contributed by atoms with Crippen molar-refractivity contribution in [2.45, 2.75) is 57.4 Å². The van der Waals surface area contributed by atoms with Crippen LogP contribution in [0.3, 0.4) is 0 Å². The Balaban J connectivity index is 1.58. The fourth-order valence-electron chi connectivity index (χ4n) is 5.59. The number of nitrogens with zero attached hydrogens (tertiary/aromatic N) is 3. The Hall–Kier alpha value is -3.93.